The second kappa shape index (κ2) is 8.46. The molecule has 1 saturated carbocycles. The number of nitrogens with one attached hydrogen (secondary N) is 2. The molecular weight excluding hydrogens is 308 g/mol. The van der Waals surface area contributed by atoms with E-state index in [0.717, 1.165) is 32.1 Å². The van der Waals surface area contributed by atoms with E-state index < -0.39 is 18.0 Å². The summed E-state index contributed by atoms with van der Waals surface area (Å²) in [6, 6.07) is -1.47. The lowest BCUT2D eigenvalue weighted by molar-refractivity contribution is -0.142. The molecule has 1 aliphatic carbocycles. The first-order chi connectivity index (χ1) is 11.5. The maximum atomic E-state index is 13.1. The van der Waals surface area contributed by atoms with E-state index in [4.69, 9.17) is 5.73 Å². The van der Waals surface area contributed by atoms with Crippen LogP contribution in [0.1, 0.15) is 51.9 Å². The minimum Gasteiger partial charge on any atom is -0.368 e. The highest BCUT2D eigenvalue weighted by molar-refractivity contribution is 5.93. The van der Waals surface area contributed by atoms with E-state index in [0.29, 0.717) is 13.0 Å². The fourth-order valence-corrected chi connectivity index (χ4v) is 3.76. The highest BCUT2D eigenvalue weighted by atomic mass is 16.2. The lowest BCUT2D eigenvalue weighted by atomic mass is 9.83. The predicted molar refractivity (Wildman–Crippen MR) is 91.0 cm³/mol. The van der Waals surface area contributed by atoms with Gasteiger partial charge in [-0.25, -0.2) is 0 Å². The van der Waals surface area contributed by atoms with E-state index in [1.54, 1.807) is 18.9 Å². The van der Waals surface area contributed by atoms with Gasteiger partial charge in [0, 0.05) is 6.54 Å². The molecule has 136 valence electrons. The summed E-state index contributed by atoms with van der Waals surface area (Å²) in [6.45, 7) is 2.30. The number of amides is 3. The Kier molecular flexibility index (Phi) is 6.60. The van der Waals surface area contributed by atoms with Crippen molar-refractivity contribution in [2.24, 2.45) is 11.7 Å². The van der Waals surface area contributed by atoms with Crippen LogP contribution in [0.15, 0.2) is 0 Å². The van der Waals surface area contributed by atoms with Crippen molar-refractivity contribution in [3.63, 3.8) is 0 Å². The molecular formula is C17H30N4O3. The molecule has 3 atom stereocenters. The van der Waals surface area contributed by atoms with Gasteiger partial charge in [0.25, 0.3) is 0 Å². The average molecular weight is 338 g/mol. The van der Waals surface area contributed by atoms with Gasteiger partial charge in [-0.05, 0) is 45.6 Å². The van der Waals surface area contributed by atoms with Crippen LogP contribution in [-0.2, 0) is 14.4 Å². The Morgan fingerprint density at radius 1 is 1.08 bits per heavy atom. The number of likely N-dealkylation sites (tertiary alicyclic amines) is 1. The number of primary amides is 1. The monoisotopic (exact) mass is 338 g/mol. The molecule has 1 unspecified atom stereocenters. The van der Waals surface area contributed by atoms with Gasteiger partial charge in [0.15, 0.2) is 0 Å². The normalized spacial score (nSPS) is 24.4. The number of likely N-dealkylation sites (N-methyl/N-ethyl adjacent to an activating group) is 1. The van der Waals surface area contributed by atoms with Gasteiger partial charge in [-0.1, -0.05) is 19.3 Å². The van der Waals surface area contributed by atoms with Gasteiger partial charge < -0.3 is 21.3 Å². The molecule has 0 radical (unpaired) electrons. The summed E-state index contributed by atoms with van der Waals surface area (Å²) >= 11 is 0. The van der Waals surface area contributed by atoms with Crippen molar-refractivity contribution in [2.75, 3.05) is 13.6 Å². The van der Waals surface area contributed by atoms with Crippen LogP contribution >= 0.6 is 0 Å². The summed E-state index contributed by atoms with van der Waals surface area (Å²) in [5, 5.41) is 5.83. The number of hydrogen-bond acceptors (Lipinski definition) is 4. The third-order valence-electron chi connectivity index (χ3n) is 5.38. The third kappa shape index (κ3) is 4.26. The van der Waals surface area contributed by atoms with Gasteiger partial charge in [0.2, 0.25) is 17.7 Å². The molecule has 0 aromatic heterocycles. The number of nitrogens with two attached hydrogens (primary N) is 1. The van der Waals surface area contributed by atoms with Crippen molar-refractivity contribution >= 4 is 17.7 Å². The lowest BCUT2D eigenvalue weighted by Gasteiger charge is -2.34. The molecule has 1 heterocycles. The average Bonchev–Trinajstić information content (AvgIpc) is 3.09. The van der Waals surface area contributed by atoms with Crippen LogP contribution < -0.4 is 16.4 Å². The molecule has 4 N–H and O–H groups in total. The van der Waals surface area contributed by atoms with E-state index in [1.165, 1.54) is 6.42 Å². The van der Waals surface area contributed by atoms with Crippen molar-refractivity contribution in [1.82, 2.24) is 15.5 Å². The molecule has 0 aromatic rings. The smallest absolute Gasteiger partial charge is 0.246 e. The summed E-state index contributed by atoms with van der Waals surface area (Å²) in [5.74, 6) is -0.664. The molecule has 7 nitrogen and oxygen atoms in total. The minimum absolute atomic E-state index is 0.133. The molecule has 1 aliphatic heterocycles. The van der Waals surface area contributed by atoms with E-state index in [9.17, 15) is 14.4 Å². The van der Waals surface area contributed by atoms with Gasteiger partial charge in [0.05, 0.1) is 6.04 Å². The Balaban J connectivity index is 2.15. The molecule has 0 aromatic carbocycles. The maximum absolute atomic E-state index is 13.1. The molecule has 1 saturated heterocycles. The molecule has 2 rings (SSSR count). The topological polar surface area (TPSA) is 105 Å². The zero-order valence-electron chi connectivity index (χ0n) is 14.7. The van der Waals surface area contributed by atoms with E-state index in [1.807, 2.05) is 0 Å². The van der Waals surface area contributed by atoms with Gasteiger partial charge in [-0.15, -0.1) is 0 Å². The standard InChI is InChI=1S/C17H30N4O3/c1-11(19-2)16(23)20-14(12-7-4-3-5-8-12)17(24)21-10-6-9-13(21)15(18)22/h11-14,19H,3-10H2,1-2H3,(H2,18,22)(H,20,23)/t11-,13?,14-/m0/s1. The van der Waals surface area contributed by atoms with Crippen LogP contribution in [0.2, 0.25) is 0 Å². The summed E-state index contributed by atoms with van der Waals surface area (Å²) < 4.78 is 0. The summed E-state index contributed by atoms with van der Waals surface area (Å²) in [7, 11) is 1.71. The second-order valence-corrected chi connectivity index (χ2v) is 6.99. The molecule has 7 heteroatoms. The predicted octanol–water partition coefficient (Wildman–Crippen LogP) is 0.136. The van der Waals surface area contributed by atoms with Gasteiger partial charge in [0.1, 0.15) is 12.1 Å². The number of carbonyl (C=O) groups excluding carboxylic acids is 3. The van der Waals surface area contributed by atoms with Gasteiger partial charge in [-0.2, -0.15) is 0 Å². The zero-order valence-corrected chi connectivity index (χ0v) is 14.7. The molecule has 2 fully saturated rings. The van der Waals surface area contributed by atoms with Crippen molar-refractivity contribution in [3.05, 3.63) is 0 Å². The van der Waals surface area contributed by atoms with E-state index in [-0.39, 0.29) is 23.8 Å². The SMILES string of the molecule is CN[C@@H](C)C(=O)N[C@H](C(=O)N1CCCC1C(N)=O)C1CCCCC1. The number of carbonyl (C=O) groups is 3. The van der Waals surface area contributed by atoms with Crippen LogP contribution in [0.3, 0.4) is 0 Å². The van der Waals surface area contributed by atoms with Crippen molar-refractivity contribution in [1.29, 1.82) is 0 Å². The molecule has 3 amide bonds. The first-order valence-electron chi connectivity index (χ1n) is 9.03. The van der Waals surface area contributed by atoms with Crippen LogP contribution in [0.25, 0.3) is 0 Å². The Bertz CT molecular complexity index is 476. The second-order valence-electron chi connectivity index (χ2n) is 6.99. The van der Waals surface area contributed by atoms with Gasteiger partial charge in [-0.3, -0.25) is 14.4 Å². The van der Waals surface area contributed by atoms with Crippen LogP contribution in [0, 0.1) is 5.92 Å². The Morgan fingerprint density at radius 3 is 2.33 bits per heavy atom. The summed E-state index contributed by atoms with van der Waals surface area (Å²) in [4.78, 5) is 38.6. The zero-order chi connectivity index (χ0) is 17.7. The maximum Gasteiger partial charge on any atom is 0.246 e. The van der Waals surface area contributed by atoms with Crippen molar-refractivity contribution < 1.29 is 14.4 Å². The number of nitrogens with zero attached hydrogens (tertiary/aromatic N) is 1. The molecule has 24 heavy (non-hydrogen) atoms. The van der Waals surface area contributed by atoms with Crippen molar-refractivity contribution in [3.8, 4) is 0 Å². The van der Waals surface area contributed by atoms with Crippen LogP contribution in [0.5, 0.6) is 0 Å². The Hall–Kier alpha value is -1.63. The van der Waals surface area contributed by atoms with E-state index in [2.05, 4.69) is 10.6 Å². The lowest BCUT2D eigenvalue weighted by Crippen LogP contribution is -2.57. The Morgan fingerprint density at radius 2 is 1.75 bits per heavy atom. The Labute approximate surface area is 143 Å². The largest absolute Gasteiger partial charge is 0.368 e. The van der Waals surface area contributed by atoms with Crippen molar-refractivity contribution in [2.45, 2.75) is 70.0 Å². The van der Waals surface area contributed by atoms with E-state index >= 15 is 0 Å². The number of hydrogen-bond donors (Lipinski definition) is 3. The first kappa shape index (κ1) is 18.7. The highest BCUT2D eigenvalue weighted by Crippen LogP contribution is 2.29. The quantitative estimate of drug-likeness (QED) is 0.640. The summed E-state index contributed by atoms with van der Waals surface area (Å²) in [5.41, 5.74) is 5.45. The molecule has 0 spiro atoms. The molecule has 0 bridgehead atoms. The number of rotatable bonds is 6. The highest BCUT2D eigenvalue weighted by Gasteiger charge is 2.40. The minimum atomic E-state index is -0.562. The molecule has 2 aliphatic rings. The fourth-order valence-electron chi connectivity index (χ4n) is 3.76. The fraction of sp³-hybridized carbons (Fsp3) is 0.824. The third-order valence-corrected chi connectivity index (χ3v) is 5.38. The van der Waals surface area contributed by atoms with Gasteiger partial charge >= 0.3 is 0 Å². The van der Waals surface area contributed by atoms with Crippen LogP contribution in [-0.4, -0.2) is 54.3 Å². The summed E-state index contributed by atoms with van der Waals surface area (Å²) in [6.07, 6.45) is 6.57. The first-order valence-corrected chi connectivity index (χ1v) is 9.03. The van der Waals surface area contributed by atoms with Crippen LogP contribution in [0.4, 0.5) is 0 Å².